The quantitative estimate of drug-likeness (QED) is 0.791. The summed E-state index contributed by atoms with van der Waals surface area (Å²) in [7, 11) is 0. The lowest BCUT2D eigenvalue weighted by atomic mass is 10.0. The molecular formula is C16H23NS2. The van der Waals surface area contributed by atoms with E-state index in [-0.39, 0.29) is 0 Å². The Morgan fingerprint density at radius 3 is 3.05 bits per heavy atom. The second kappa shape index (κ2) is 6.47. The van der Waals surface area contributed by atoms with Gasteiger partial charge in [0.15, 0.2) is 0 Å². The van der Waals surface area contributed by atoms with Gasteiger partial charge in [-0.25, -0.2) is 0 Å². The number of hydrogen-bond acceptors (Lipinski definition) is 3. The molecule has 2 aliphatic rings. The zero-order chi connectivity index (χ0) is 13.1. The number of allylic oxidation sites excluding steroid dienone is 1. The molecule has 1 nitrogen and oxygen atoms in total. The Morgan fingerprint density at radius 2 is 2.32 bits per heavy atom. The molecule has 1 aromatic heterocycles. The third-order valence-corrected chi connectivity index (χ3v) is 6.29. The summed E-state index contributed by atoms with van der Waals surface area (Å²) in [6.45, 7) is 3.38. The van der Waals surface area contributed by atoms with Crippen molar-refractivity contribution in [2.75, 3.05) is 12.3 Å². The van der Waals surface area contributed by atoms with Crippen LogP contribution < -0.4 is 5.32 Å². The van der Waals surface area contributed by atoms with Gasteiger partial charge in [0.05, 0.1) is 6.04 Å². The van der Waals surface area contributed by atoms with Crippen molar-refractivity contribution in [3.05, 3.63) is 33.0 Å². The monoisotopic (exact) mass is 293 g/mol. The minimum Gasteiger partial charge on any atom is -0.306 e. The van der Waals surface area contributed by atoms with Crippen molar-refractivity contribution < 1.29 is 0 Å². The van der Waals surface area contributed by atoms with Gasteiger partial charge in [-0.05, 0) is 56.0 Å². The molecule has 0 fully saturated rings. The number of hydrogen-bond donors (Lipinski definition) is 1. The van der Waals surface area contributed by atoms with Gasteiger partial charge in [0.1, 0.15) is 0 Å². The maximum atomic E-state index is 3.77. The van der Waals surface area contributed by atoms with E-state index in [1.165, 1.54) is 43.6 Å². The number of fused-ring (bicyclic) bond motifs is 1. The van der Waals surface area contributed by atoms with Gasteiger partial charge < -0.3 is 5.32 Å². The fourth-order valence-corrected chi connectivity index (χ4v) is 5.47. The molecule has 3 heteroatoms. The summed E-state index contributed by atoms with van der Waals surface area (Å²) < 4.78 is 0. The van der Waals surface area contributed by atoms with Crippen molar-refractivity contribution in [2.24, 2.45) is 0 Å². The van der Waals surface area contributed by atoms with Gasteiger partial charge in [-0.2, -0.15) is 11.8 Å². The van der Waals surface area contributed by atoms with E-state index in [1.807, 2.05) is 0 Å². The van der Waals surface area contributed by atoms with Crippen molar-refractivity contribution in [2.45, 2.75) is 50.8 Å². The average Bonchev–Trinajstić information content (AvgIpc) is 3.08. The van der Waals surface area contributed by atoms with Gasteiger partial charge in [-0.3, -0.25) is 0 Å². The third kappa shape index (κ3) is 3.09. The molecule has 19 heavy (non-hydrogen) atoms. The highest BCUT2D eigenvalue weighted by atomic mass is 32.2. The summed E-state index contributed by atoms with van der Waals surface area (Å²) in [5, 5.41) is 3.77. The van der Waals surface area contributed by atoms with E-state index in [0.29, 0.717) is 6.04 Å². The van der Waals surface area contributed by atoms with Gasteiger partial charge in [0.25, 0.3) is 0 Å². The van der Waals surface area contributed by atoms with Gasteiger partial charge in [0, 0.05) is 15.5 Å². The van der Waals surface area contributed by atoms with Crippen LogP contribution in [-0.2, 0) is 12.2 Å². The smallest absolute Gasteiger partial charge is 0.0630 e. The van der Waals surface area contributed by atoms with Crippen molar-refractivity contribution in [3.63, 3.8) is 0 Å². The normalized spacial score (nSPS) is 20.2. The van der Waals surface area contributed by atoms with E-state index < -0.39 is 0 Å². The van der Waals surface area contributed by atoms with Crippen molar-refractivity contribution in [1.82, 2.24) is 5.32 Å². The van der Waals surface area contributed by atoms with Crippen LogP contribution in [0.5, 0.6) is 0 Å². The third-order valence-electron chi connectivity index (χ3n) is 3.98. The predicted molar refractivity (Wildman–Crippen MR) is 87.2 cm³/mol. The Hall–Kier alpha value is -0.250. The summed E-state index contributed by atoms with van der Waals surface area (Å²) in [4.78, 5) is 3.21. The molecule has 0 saturated carbocycles. The van der Waals surface area contributed by atoms with Crippen LogP contribution in [-0.4, -0.2) is 12.3 Å². The largest absolute Gasteiger partial charge is 0.306 e. The molecule has 1 N–H and O–H groups in total. The van der Waals surface area contributed by atoms with E-state index in [1.54, 1.807) is 20.9 Å². The molecule has 1 aliphatic heterocycles. The Bertz CT molecular complexity index is 438. The molecule has 2 heterocycles. The van der Waals surface area contributed by atoms with Crippen LogP contribution in [0.15, 0.2) is 17.7 Å². The summed E-state index contributed by atoms with van der Waals surface area (Å²) in [6.07, 6.45) is 8.88. The second-order valence-electron chi connectivity index (χ2n) is 5.46. The molecular weight excluding hydrogens is 270 g/mol. The number of nitrogens with one attached hydrogen (secondary N) is 1. The maximum absolute atomic E-state index is 3.77. The molecule has 0 spiro atoms. The van der Waals surface area contributed by atoms with Crippen LogP contribution in [0.1, 0.15) is 54.0 Å². The predicted octanol–water partition coefficient (Wildman–Crippen LogP) is 4.69. The zero-order valence-electron chi connectivity index (χ0n) is 11.7. The van der Waals surface area contributed by atoms with Crippen LogP contribution in [0.2, 0.25) is 0 Å². The van der Waals surface area contributed by atoms with Crippen molar-refractivity contribution in [1.29, 1.82) is 0 Å². The lowest BCUT2D eigenvalue weighted by molar-refractivity contribution is 0.585. The molecule has 1 atom stereocenters. The first-order valence-electron chi connectivity index (χ1n) is 7.50. The van der Waals surface area contributed by atoms with E-state index in [9.17, 15) is 0 Å². The Balaban J connectivity index is 1.83. The number of thiophene rings is 1. The fraction of sp³-hybridized carbons (Fsp3) is 0.625. The Labute approximate surface area is 124 Å². The standard InChI is InChI=1S/C16H23NS2/c1-2-8-17-16(12-5-3-4-6-12)15-10-13-11-18-9-7-14(13)19-15/h5,10,16-17H,2-4,6-9,11H2,1H3. The fourth-order valence-electron chi connectivity index (χ4n) is 2.97. The van der Waals surface area contributed by atoms with E-state index in [4.69, 9.17) is 0 Å². The lowest BCUT2D eigenvalue weighted by Crippen LogP contribution is -2.22. The summed E-state index contributed by atoms with van der Waals surface area (Å²) in [5.41, 5.74) is 3.25. The molecule has 0 aromatic carbocycles. The number of thioether (sulfide) groups is 1. The van der Waals surface area contributed by atoms with E-state index >= 15 is 0 Å². The minimum absolute atomic E-state index is 0.503. The van der Waals surface area contributed by atoms with Crippen molar-refractivity contribution in [3.8, 4) is 0 Å². The molecule has 0 bridgehead atoms. The van der Waals surface area contributed by atoms with Crippen LogP contribution in [0.25, 0.3) is 0 Å². The van der Waals surface area contributed by atoms with Crippen LogP contribution in [0.4, 0.5) is 0 Å². The van der Waals surface area contributed by atoms with E-state index in [2.05, 4.69) is 47.5 Å². The molecule has 0 amide bonds. The van der Waals surface area contributed by atoms with Crippen LogP contribution in [0, 0.1) is 0 Å². The van der Waals surface area contributed by atoms with Gasteiger partial charge in [-0.15, -0.1) is 11.3 Å². The summed E-state index contributed by atoms with van der Waals surface area (Å²) in [6, 6.07) is 2.99. The zero-order valence-corrected chi connectivity index (χ0v) is 13.3. The molecule has 1 unspecified atom stereocenters. The van der Waals surface area contributed by atoms with Crippen LogP contribution in [0.3, 0.4) is 0 Å². The topological polar surface area (TPSA) is 12.0 Å². The molecule has 104 valence electrons. The Morgan fingerprint density at radius 1 is 1.37 bits per heavy atom. The van der Waals surface area contributed by atoms with Crippen LogP contribution >= 0.6 is 23.1 Å². The highest BCUT2D eigenvalue weighted by Gasteiger charge is 2.23. The summed E-state index contributed by atoms with van der Waals surface area (Å²) in [5.74, 6) is 2.54. The maximum Gasteiger partial charge on any atom is 0.0630 e. The van der Waals surface area contributed by atoms with Gasteiger partial charge in [-0.1, -0.05) is 18.6 Å². The van der Waals surface area contributed by atoms with E-state index in [0.717, 1.165) is 6.54 Å². The number of rotatable bonds is 5. The minimum atomic E-state index is 0.503. The second-order valence-corrected chi connectivity index (χ2v) is 7.73. The first-order valence-corrected chi connectivity index (χ1v) is 9.47. The molecule has 1 aromatic rings. The highest BCUT2D eigenvalue weighted by Crippen LogP contribution is 2.39. The first kappa shape index (κ1) is 13.7. The molecule has 0 saturated heterocycles. The summed E-state index contributed by atoms with van der Waals surface area (Å²) >= 11 is 4.15. The molecule has 1 aliphatic carbocycles. The van der Waals surface area contributed by atoms with Crippen molar-refractivity contribution >= 4 is 23.1 Å². The van der Waals surface area contributed by atoms with Gasteiger partial charge in [0.2, 0.25) is 0 Å². The first-order chi connectivity index (χ1) is 9.38. The SMILES string of the molecule is CCCNC(C1=CCCC1)c1cc2c(s1)CCSC2. The lowest BCUT2D eigenvalue weighted by Gasteiger charge is -2.18. The Kier molecular flexibility index (Phi) is 4.67. The average molecular weight is 294 g/mol. The van der Waals surface area contributed by atoms with Gasteiger partial charge >= 0.3 is 0 Å². The highest BCUT2D eigenvalue weighted by molar-refractivity contribution is 7.98. The molecule has 3 rings (SSSR count). The number of aryl methyl sites for hydroxylation is 1. The molecule has 0 radical (unpaired) electrons.